The number of amides is 1. The number of fused-ring (bicyclic) bond motifs is 1. The standard InChI is InChI=1S/C28H40N2O3/c1-6-7-8-9-16-30(22-13-14-25-26(18-22)33-19-32-25)17-15-27(31)29-28-23(20(2)3)11-10-12-24(28)21(4)5/h10-14,18,20-21H,6-9,15-17,19H2,1-5H3,(H,29,31). The van der Waals surface area contributed by atoms with Crippen LogP contribution in [-0.4, -0.2) is 25.8 Å². The number of carbonyl (C=O) groups excluding carboxylic acids is 1. The zero-order valence-corrected chi connectivity index (χ0v) is 20.9. The van der Waals surface area contributed by atoms with E-state index in [9.17, 15) is 4.79 Å². The molecule has 0 atom stereocenters. The van der Waals surface area contributed by atoms with Gasteiger partial charge in [-0.15, -0.1) is 0 Å². The predicted molar refractivity (Wildman–Crippen MR) is 137 cm³/mol. The van der Waals surface area contributed by atoms with E-state index in [0.29, 0.717) is 24.8 Å². The van der Waals surface area contributed by atoms with E-state index >= 15 is 0 Å². The fourth-order valence-electron chi connectivity index (χ4n) is 4.32. The van der Waals surface area contributed by atoms with Crippen LogP contribution >= 0.6 is 0 Å². The third-order valence-electron chi connectivity index (χ3n) is 6.25. The number of anilines is 2. The molecule has 2 aromatic rings. The van der Waals surface area contributed by atoms with E-state index in [1.807, 2.05) is 12.1 Å². The molecule has 2 aromatic carbocycles. The molecule has 1 heterocycles. The molecular formula is C28H40N2O3. The number of hydrogen-bond donors (Lipinski definition) is 1. The Morgan fingerprint density at radius 1 is 0.939 bits per heavy atom. The SMILES string of the molecule is CCCCCCN(CCC(=O)Nc1c(C(C)C)cccc1C(C)C)c1ccc2c(c1)OCO2. The maximum Gasteiger partial charge on any atom is 0.231 e. The van der Waals surface area contributed by atoms with Gasteiger partial charge in [0.05, 0.1) is 0 Å². The Hall–Kier alpha value is -2.69. The molecule has 1 N–H and O–H groups in total. The van der Waals surface area contributed by atoms with Crippen LogP contribution in [-0.2, 0) is 4.79 Å². The van der Waals surface area contributed by atoms with E-state index in [1.54, 1.807) is 0 Å². The van der Waals surface area contributed by atoms with Gasteiger partial charge in [0.15, 0.2) is 11.5 Å². The van der Waals surface area contributed by atoms with Gasteiger partial charge in [0, 0.05) is 37.0 Å². The minimum Gasteiger partial charge on any atom is -0.454 e. The molecular weight excluding hydrogens is 412 g/mol. The number of benzene rings is 2. The molecule has 1 aliphatic heterocycles. The molecule has 0 spiro atoms. The summed E-state index contributed by atoms with van der Waals surface area (Å²) in [6.45, 7) is 12.8. The van der Waals surface area contributed by atoms with Crippen molar-refractivity contribution in [3.8, 4) is 11.5 Å². The smallest absolute Gasteiger partial charge is 0.231 e. The van der Waals surface area contributed by atoms with E-state index in [2.05, 4.69) is 69.1 Å². The average Bonchev–Trinajstić information content (AvgIpc) is 3.26. The highest BCUT2D eigenvalue weighted by molar-refractivity contribution is 5.93. The molecule has 0 fully saturated rings. The first-order valence-electron chi connectivity index (χ1n) is 12.5. The molecule has 0 unspecified atom stereocenters. The summed E-state index contributed by atoms with van der Waals surface area (Å²) in [6, 6.07) is 12.4. The Kier molecular flexibility index (Phi) is 9.04. The molecule has 180 valence electrons. The Balaban J connectivity index is 1.71. The van der Waals surface area contributed by atoms with E-state index < -0.39 is 0 Å². The molecule has 5 nitrogen and oxygen atoms in total. The van der Waals surface area contributed by atoms with Crippen LogP contribution in [0.15, 0.2) is 36.4 Å². The first-order valence-corrected chi connectivity index (χ1v) is 12.5. The van der Waals surface area contributed by atoms with Gasteiger partial charge < -0.3 is 19.7 Å². The minimum absolute atomic E-state index is 0.0595. The summed E-state index contributed by atoms with van der Waals surface area (Å²) in [5, 5.41) is 3.26. The van der Waals surface area contributed by atoms with Crippen molar-refractivity contribution < 1.29 is 14.3 Å². The lowest BCUT2D eigenvalue weighted by molar-refractivity contribution is -0.116. The fourth-order valence-corrected chi connectivity index (χ4v) is 4.32. The van der Waals surface area contributed by atoms with Crippen molar-refractivity contribution in [2.75, 3.05) is 30.1 Å². The third-order valence-corrected chi connectivity index (χ3v) is 6.25. The lowest BCUT2D eigenvalue weighted by atomic mass is 9.92. The normalized spacial score (nSPS) is 12.5. The zero-order chi connectivity index (χ0) is 23.8. The van der Waals surface area contributed by atoms with Crippen molar-refractivity contribution in [2.24, 2.45) is 0 Å². The number of nitrogens with one attached hydrogen (secondary N) is 1. The molecule has 0 saturated heterocycles. The molecule has 0 aromatic heterocycles. The van der Waals surface area contributed by atoms with Crippen LogP contribution in [0.1, 0.15) is 89.7 Å². The van der Waals surface area contributed by atoms with Gasteiger partial charge in [-0.2, -0.15) is 0 Å². The van der Waals surface area contributed by atoms with E-state index in [1.165, 1.54) is 30.4 Å². The van der Waals surface area contributed by atoms with E-state index in [0.717, 1.165) is 35.8 Å². The highest BCUT2D eigenvalue weighted by Crippen LogP contribution is 2.36. The van der Waals surface area contributed by atoms with Crippen LogP contribution in [0.25, 0.3) is 0 Å². The Morgan fingerprint density at radius 3 is 2.30 bits per heavy atom. The Labute approximate surface area is 199 Å². The first-order chi connectivity index (χ1) is 15.9. The van der Waals surface area contributed by atoms with Crippen molar-refractivity contribution >= 4 is 17.3 Å². The van der Waals surface area contributed by atoms with Crippen molar-refractivity contribution in [1.29, 1.82) is 0 Å². The topological polar surface area (TPSA) is 50.8 Å². The maximum atomic E-state index is 13.1. The van der Waals surface area contributed by atoms with Crippen LogP contribution in [0.4, 0.5) is 11.4 Å². The predicted octanol–water partition coefficient (Wildman–Crippen LogP) is 7.08. The Bertz CT molecular complexity index is 897. The second kappa shape index (κ2) is 12.0. The van der Waals surface area contributed by atoms with Gasteiger partial charge in [0.25, 0.3) is 0 Å². The van der Waals surface area contributed by atoms with Crippen LogP contribution in [0, 0.1) is 0 Å². The fraction of sp³-hybridized carbons (Fsp3) is 0.536. The van der Waals surface area contributed by atoms with Crippen molar-refractivity contribution in [1.82, 2.24) is 0 Å². The van der Waals surface area contributed by atoms with Gasteiger partial charge in [0.1, 0.15) is 0 Å². The summed E-state index contributed by atoms with van der Waals surface area (Å²) in [4.78, 5) is 15.4. The summed E-state index contributed by atoms with van der Waals surface area (Å²) >= 11 is 0. The number of carbonyl (C=O) groups is 1. The van der Waals surface area contributed by atoms with Crippen molar-refractivity contribution in [2.45, 2.75) is 78.6 Å². The summed E-state index contributed by atoms with van der Waals surface area (Å²) in [5.74, 6) is 2.33. The van der Waals surface area contributed by atoms with E-state index in [-0.39, 0.29) is 12.7 Å². The maximum absolute atomic E-state index is 13.1. The quantitative estimate of drug-likeness (QED) is 0.350. The largest absolute Gasteiger partial charge is 0.454 e. The molecule has 5 heteroatoms. The molecule has 1 amide bonds. The number of hydrogen-bond acceptors (Lipinski definition) is 4. The molecule has 0 bridgehead atoms. The summed E-state index contributed by atoms with van der Waals surface area (Å²) < 4.78 is 11.0. The second-order valence-electron chi connectivity index (χ2n) is 9.50. The number of para-hydroxylation sites is 1. The van der Waals surface area contributed by atoms with Crippen LogP contribution in [0.3, 0.4) is 0 Å². The highest BCUT2D eigenvalue weighted by atomic mass is 16.7. The van der Waals surface area contributed by atoms with Crippen LogP contribution in [0.2, 0.25) is 0 Å². The van der Waals surface area contributed by atoms with E-state index in [4.69, 9.17) is 9.47 Å². The number of ether oxygens (including phenoxy) is 2. The van der Waals surface area contributed by atoms with Crippen LogP contribution in [0.5, 0.6) is 11.5 Å². The molecule has 0 aliphatic carbocycles. The lowest BCUT2D eigenvalue weighted by Crippen LogP contribution is -2.29. The number of rotatable bonds is 12. The number of nitrogens with zero attached hydrogens (tertiary/aromatic N) is 1. The summed E-state index contributed by atoms with van der Waals surface area (Å²) in [5.41, 5.74) is 4.46. The van der Waals surface area contributed by atoms with Crippen molar-refractivity contribution in [3.63, 3.8) is 0 Å². The molecule has 3 rings (SSSR count). The average molecular weight is 453 g/mol. The van der Waals surface area contributed by atoms with Gasteiger partial charge in [-0.1, -0.05) is 72.1 Å². The first kappa shape index (κ1) is 24.9. The number of unbranched alkanes of at least 4 members (excludes halogenated alkanes) is 3. The van der Waals surface area contributed by atoms with Gasteiger partial charge in [0.2, 0.25) is 12.7 Å². The molecule has 33 heavy (non-hydrogen) atoms. The third kappa shape index (κ3) is 6.66. The molecule has 0 saturated carbocycles. The second-order valence-corrected chi connectivity index (χ2v) is 9.50. The van der Waals surface area contributed by atoms with Gasteiger partial charge in [-0.3, -0.25) is 4.79 Å². The summed E-state index contributed by atoms with van der Waals surface area (Å²) in [6.07, 6.45) is 5.19. The van der Waals surface area contributed by atoms with Gasteiger partial charge >= 0.3 is 0 Å². The highest BCUT2D eigenvalue weighted by Gasteiger charge is 2.19. The van der Waals surface area contributed by atoms with Crippen LogP contribution < -0.4 is 19.7 Å². The Morgan fingerprint density at radius 2 is 1.64 bits per heavy atom. The van der Waals surface area contributed by atoms with Crippen molar-refractivity contribution in [3.05, 3.63) is 47.5 Å². The molecule has 0 radical (unpaired) electrons. The monoisotopic (exact) mass is 452 g/mol. The zero-order valence-electron chi connectivity index (χ0n) is 20.9. The van der Waals surface area contributed by atoms with Gasteiger partial charge in [-0.25, -0.2) is 0 Å². The lowest BCUT2D eigenvalue weighted by Gasteiger charge is -2.25. The summed E-state index contributed by atoms with van der Waals surface area (Å²) in [7, 11) is 0. The molecule has 1 aliphatic rings. The van der Waals surface area contributed by atoms with Gasteiger partial charge in [-0.05, 0) is 41.5 Å². The minimum atomic E-state index is 0.0595.